The molecule has 32 heavy (non-hydrogen) atoms. The Morgan fingerprint density at radius 2 is 1.91 bits per heavy atom. The summed E-state index contributed by atoms with van der Waals surface area (Å²) in [6.07, 6.45) is 1.69. The van der Waals surface area contributed by atoms with E-state index >= 15 is 0 Å². The molecule has 0 unspecified atom stereocenters. The first-order valence-electron chi connectivity index (χ1n) is 9.44. The number of sulfonamides is 1. The van der Waals surface area contributed by atoms with Crippen molar-refractivity contribution >= 4 is 39.2 Å². The van der Waals surface area contributed by atoms with Crippen LogP contribution >= 0.6 is 11.6 Å². The number of halogens is 1. The summed E-state index contributed by atoms with van der Waals surface area (Å²) < 4.78 is 34.2. The van der Waals surface area contributed by atoms with Crippen LogP contribution in [0.5, 0.6) is 0 Å². The Morgan fingerprint density at radius 3 is 2.56 bits per heavy atom. The number of hydrogen-bond donors (Lipinski definition) is 2. The molecule has 0 saturated carbocycles. The van der Waals surface area contributed by atoms with E-state index in [9.17, 15) is 18.0 Å². The maximum absolute atomic E-state index is 12.8. The molecular formula is C21H21ClN4O5S. The summed E-state index contributed by atoms with van der Waals surface area (Å²) in [5.74, 6) is -0.946. The van der Waals surface area contributed by atoms with Gasteiger partial charge in [0.25, 0.3) is 10.0 Å². The molecule has 0 aliphatic heterocycles. The molecule has 0 radical (unpaired) electrons. The monoisotopic (exact) mass is 476 g/mol. The smallest absolute Gasteiger partial charge is 0.337 e. The van der Waals surface area contributed by atoms with Gasteiger partial charge in [-0.05, 0) is 48.9 Å². The quantitative estimate of drug-likeness (QED) is 0.482. The van der Waals surface area contributed by atoms with Crippen molar-refractivity contribution in [1.29, 1.82) is 0 Å². The van der Waals surface area contributed by atoms with Crippen molar-refractivity contribution in [2.24, 2.45) is 0 Å². The van der Waals surface area contributed by atoms with Crippen LogP contribution in [0.25, 0.3) is 0 Å². The van der Waals surface area contributed by atoms with Crippen LogP contribution < -0.4 is 10.0 Å². The lowest BCUT2D eigenvalue weighted by Crippen LogP contribution is -2.27. The molecule has 3 aromatic rings. The maximum Gasteiger partial charge on any atom is 0.337 e. The first kappa shape index (κ1) is 23.3. The summed E-state index contributed by atoms with van der Waals surface area (Å²) in [6.45, 7) is 1.90. The summed E-state index contributed by atoms with van der Waals surface area (Å²) >= 11 is 6.02. The second-order valence-electron chi connectivity index (χ2n) is 6.88. The number of anilines is 1. The third kappa shape index (κ3) is 5.86. The van der Waals surface area contributed by atoms with Crippen LogP contribution in [0.1, 0.15) is 21.6 Å². The minimum atomic E-state index is -4.01. The van der Waals surface area contributed by atoms with Crippen LogP contribution in [-0.2, 0) is 32.6 Å². The molecule has 168 valence electrons. The average Bonchev–Trinajstić information content (AvgIpc) is 3.15. The normalized spacial score (nSPS) is 11.1. The predicted molar refractivity (Wildman–Crippen MR) is 119 cm³/mol. The topological polar surface area (TPSA) is 119 Å². The van der Waals surface area contributed by atoms with Crippen LogP contribution in [0, 0.1) is 6.92 Å². The summed E-state index contributed by atoms with van der Waals surface area (Å²) in [5.41, 5.74) is 1.53. The van der Waals surface area contributed by atoms with E-state index in [1.54, 1.807) is 24.4 Å². The van der Waals surface area contributed by atoms with E-state index in [-0.39, 0.29) is 40.2 Å². The molecule has 0 bridgehead atoms. The molecule has 2 N–H and O–H groups in total. The standard InChI is InChI=1S/C21H21ClN4O5S/c1-14-7-8-26(24-14)13-20(27)23-12-15-9-16(21(28)31-2)11-17(10-15)25-32(29,30)19-6-4-3-5-18(19)22/h3-11,25H,12-13H2,1-2H3,(H,23,27). The minimum Gasteiger partial charge on any atom is -0.465 e. The molecule has 9 nitrogen and oxygen atoms in total. The van der Waals surface area contributed by atoms with E-state index in [4.69, 9.17) is 16.3 Å². The number of carbonyl (C=O) groups excluding carboxylic acids is 2. The molecule has 1 heterocycles. The van der Waals surface area contributed by atoms with E-state index in [0.717, 1.165) is 5.69 Å². The third-order valence-electron chi connectivity index (χ3n) is 4.36. The number of methoxy groups -OCH3 is 1. The number of rotatable bonds is 8. The fourth-order valence-corrected chi connectivity index (χ4v) is 4.48. The van der Waals surface area contributed by atoms with Crippen molar-refractivity contribution < 1.29 is 22.7 Å². The van der Waals surface area contributed by atoms with Crippen LogP contribution in [0.4, 0.5) is 5.69 Å². The van der Waals surface area contributed by atoms with Crippen molar-refractivity contribution in [3.8, 4) is 0 Å². The number of ether oxygens (including phenoxy) is 1. The Hall–Kier alpha value is -3.37. The molecule has 1 amide bonds. The second kappa shape index (κ2) is 9.84. The molecule has 3 rings (SSSR count). The van der Waals surface area contributed by atoms with Gasteiger partial charge in [-0.2, -0.15) is 5.10 Å². The van der Waals surface area contributed by atoms with E-state index in [1.807, 2.05) is 6.92 Å². The molecule has 0 aliphatic rings. The Morgan fingerprint density at radius 1 is 1.16 bits per heavy atom. The van der Waals surface area contributed by atoms with Crippen molar-refractivity contribution in [3.05, 3.63) is 76.6 Å². The first-order valence-corrected chi connectivity index (χ1v) is 11.3. The van der Waals surface area contributed by atoms with Gasteiger partial charge in [-0.1, -0.05) is 23.7 Å². The number of amides is 1. The fraction of sp³-hybridized carbons (Fsp3) is 0.190. The molecule has 0 saturated heterocycles. The summed E-state index contributed by atoms with van der Waals surface area (Å²) in [5, 5.41) is 6.93. The van der Waals surface area contributed by atoms with Gasteiger partial charge in [-0.15, -0.1) is 0 Å². The Bertz CT molecular complexity index is 1260. The van der Waals surface area contributed by atoms with E-state index in [2.05, 4.69) is 15.1 Å². The van der Waals surface area contributed by atoms with Gasteiger partial charge in [0.05, 0.1) is 29.1 Å². The van der Waals surface area contributed by atoms with Gasteiger partial charge >= 0.3 is 5.97 Å². The van der Waals surface area contributed by atoms with E-state index in [1.165, 1.54) is 42.1 Å². The lowest BCUT2D eigenvalue weighted by atomic mass is 10.1. The van der Waals surface area contributed by atoms with Gasteiger partial charge < -0.3 is 10.1 Å². The Labute approximate surface area is 190 Å². The van der Waals surface area contributed by atoms with Crippen molar-refractivity contribution in [2.75, 3.05) is 11.8 Å². The van der Waals surface area contributed by atoms with Gasteiger partial charge in [0, 0.05) is 12.7 Å². The summed E-state index contributed by atoms with van der Waals surface area (Å²) in [6, 6.07) is 12.1. The predicted octanol–water partition coefficient (Wildman–Crippen LogP) is 2.75. The Balaban J connectivity index is 1.81. The SMILES string of the molecule is COC(=O)c1cc(CNC(=O)Cn2ccc(C)n2)cc(NS(=O)(=O)c2ccccc2Cl)c1. The zero-order chi connectivity index (χ0) is 23.3. The van der Waals surface area contributed by atoms with Gasteiger partial charge in [-0.25, -0.2) is 13.2 Å². The largest absolute Gasteiger partial charge is 0.465 e. The van der Waals surface area contributed by atoms with E-state index < -0.39 is 16.0 Å². The number of esters is 1. The van der Waals surface area contributed by atoms with Crippen LogP contribution in [0.2, 0.25) is 5.02 Å². The highest BCUT2D eigenvalue weighted by Gasteiger charge is 2.19. The average molecular weight is 477 g/mol. The molecule has 2 aromatic carbocycles. The van der Waals surface area contributed by atoms with Gasteiger partial charge in [-0.3, -0.25) is 14.2 Å². The molecule has 0 aliphatic carbocycles. The molecule has 0 spiro atoms. The lowest BCUT2D eigenvalue weighted by molar-refractivity contribution is -0.122. The summed E-state index contributed by atoms with van der Waals surface area (Å²) in [7, 11) is -2.79. The molecule has 11 heteroatoms. The Kier molecular flexibility index (Phi) is 7.16. The van der Waals surface area contributed by atoms with Gasteiger partial charge in [0.1, 0.15) is 11.4 Å². The fourth-order valence-electron chi connectivity index (χ4n) is 2.92. The molecule has 0 fully saturated rings. The van der Waals surface area contributed by atoms with Crippen molar-refractivity contribution in [3.63, 3.8) is 0 Å². The van der Waals surface area contributed by atoms with Gasteiger partial charge in [0.15, 0.2) is 0 Å². The first-order chi connectivity index (χ1) is 15.2. The van der Waals surface area contributed by atoms with Crippen LogP contribution in [0.3, 0.4) is 0 Å². The van der Waals surface area contributed by atoms with Crippen LogP contribution in [-0.4, -0.2) is 37.2 Å². The van der Waals surface area contributed by atoms with E-state index in [0.29, 0.717) is 5.56 Å². The number of aryl methyl sites for hydroxylation is 1. The second-order valence-corrected chi connectivity index (χ2v) is 8.94. The zero-order valence-corrected chi connectivity index (χ0v) is 18.9. The van der Waals surface area contributed by atoms with Crippen molar-refractivity contribution in [1.82, 2.24) is 15.1 Å². The van der Waals surface area contributed by atoms with Gasteiger partial charge in [0.2, 0.25) is 5.91 Å². The number of carbonyl (C=O) groups is 2. The number of benzene rings is 2. The zero-order valence-electron chi connectivity index (χ0n) is 17.3. The molecule has 0 atom stereocenters. The number of aromatic nitrogens is 2. The minimum absolute atomic E-state index is 0.0243. The number of nitrogens with zero attached hydrogens (tertiary/aromatic N) is 2. The third-order valence-corrected chi connectivity index (χ3v) is 6.24. The highest BCUT2D eigenvalue weighted by molar-refractivity contribution is 7.92. The number of nitrogens with one attached hydrogen (secondary N) is 2. The highest BCUT2D eigenvalue weighted by atomic mass is 35.5. The maximum atomic E-state index is 12.8. The van der Waals surface area contributed by atoms with Crippen LogP contribution in [0.15, 0.2) is 59.6 Å². The molecule has 1 aromatic heterocycles. The molecular weight excluding hydrogens is 456 g/mol. The van der Waals surface area contributed by atoms with Crippen molar-refractivity contribution in [2.45, 2.75) is 24.9 Å². The highest BCUT2D eigenvalue weighted by Crippen LogP contribution is 2.25. The lowest BCUT2D eigenvalue weighted by Gasteiger charge is -2.13. The number of hydrogen-bond acceptors (Lipinski definition) is 6. The summed E-state index contributed by atoms with van der Waals surface area (Å²) in [4.78, 5) is 24.2.